The van der Waals surface area contributed by atoms with Crippen LogP contribution in [0.2, 0.25) is 0 Å². The predicted octanol–water partition coefficient (Wildman–Crippen LogP) is 2.26. The van der Waals surface area contributed by atoms with Crippen molar-refractivity contribution in [3.05, 3.63) is 0 Å². The van der Waals surface area contributed by atoms with E-state index in [0.717, 1.165) is 0 Å². The van der Waals surface area contributed by atoms with E-state index in [-0.39, 0.29) is 10.6 Å². The Morgan fingerprint density at radius 3 is 1.19 bits per heavy atom. The van der Waals surface area contributed by atoms with Crippen molar-refractivity contribution in [2.45, 2.75) is 42.2 Å². The number of nitrogens with two attached hydrogens (primary N) is 2. The summed E-state index contributed by atoms with van der Waals surface area (Å²) in [6.45, 7) is 0. The Kier molecular flexibility index (Phi) is 11.4. The third kappa shape index (κ3) is 7.80. The first-order valence-electron chi connectivity index (χ1n) is 6.52. The van der Waals surface area contributed by atoms with Crippen LogP contribution < -0.4 is 11.5 Å². The van der Waals surface area contributed by atoms with E-state index < -0.39 is 64.1 Å². The molecular formula is C9H12F14N2O4SSi. The summed E-state index contributed by atoms with van der Waals surface area (Å²) in [6, 6.07) is -0.833. The fourth-order valence-electron chi connectivity index (χ4n) is 1.22. The van der Waals surface area contributed by atoms with Crippen LogP contribution in [0.15, 0.2) is 0 Å². The average molecular weight is 538 g/mol. The minimum atomic E-state index is -8.04. The van der Waals surface area contributed by atoms with Crippen LogP contribution >= 0.6 is 0 Å². The summed E-state index contributed by atoms with van der Waals surface area (Å²) >= 11 is 0. The molecule has 6 nitrogen and oxygen atoms in total. The van der Waals surface area contributed by atoms with Gasteiger partial charge in [0.05, 0.1) is 5.75 Å². The maximum absolute atomic E-state index is 13.0. The van der Waals surface area contributed by atoms with E-state index in [0.29, 0.717) is 0 Å². The second-order valence-corrected chi connectivity index (χ2v) is 6.51. The molecule has 0 atom stereocenters. The van der Waals surface area contributed by atoms with Gasteiger partial charge in [-0.25, -0.2) is 4.79 Å². The quantitative estimate of drug-likeness (QED) is 0.199. The van der Waals surface area contributed by atoms with Crippen molar-refractivity contribution in [2.75, 3.05) is 5.75 Å². The number of amides is 2. The number of halogens is 14. The molecule has 31 heavy (non-hydrogen) atoms. The van der Waals surface area contributed by atoms with Crippen molar-refractivity contribution < 1.29 is 78.9 Å². The van der Waals surface area contributed by atoms with Gasteiger partial charge in [0.15, 0.2) is 0 Å². The average Bonchev–Trinajstić information content (AvgIpc) is 2.52. The van der Waals surface area contributed by atoms with E-state index in [1.165, 1.54) is 0 Å². The number of hydrogen-bond acceptors (Lipinski definition) is 3. The molecule has 0 saturated carbocycles. The molecule has 0 heterocycles. The summed E-state index contributed by atoms with van der Waals surface area (Å²) in [5, 5.41) is 0. The summed E-state index contributed by atoms with van der Waals surface area (Å²) in [4.78, 5) is 9.00. The number of carbonyl (C=O) groups excluding carboxylic acids is 1. The van der Waals surface area contributed by atoms with E-state index in [2.05, 4.69) is 11.5 Å². The molecule has 0 rings (SSSR count). The zero-order chi connectivity index (χ0) is 26.5. The topological polar surface area (TPSA) is 123 Å². The van der Waals surface area contributed by atoms with E-state index in [1.807, 2.05) is 0 Å². The van der Waals surface area contributed by atoms with E-state index in [9.17, 15) is 69.6 Å². The Morgan fingerprint density at radius 1 is 0.710 bits per heavy atom. The lowest BCUT2D eigenvalue weighted by molar-refractivity contribution is -0.439. The van der Waals surface area contributed by atoms with Gasteiger partial charge >= 0.3 is 41.8 Å². The highest BCUT2D eigenvalue weighted by molar-refractivity contribution is 7.85. The summed E-state index contributed by atoms with van der Waals surface area (Å²) in [7, 11) is -5.72. The van der Waals surface area contributed by atoms with Crippen molar-refractivity contribution in [3.8, 4) is 0 Å². The largest absolute Gasteiger partial charge is 0.460 e. The van der Waals surface area contributed by atoms with Gasteiger partial charge in [0, 0.05) is 6.42 Å². The predicted molar refractivity (Wildman–Crippen MR) is 76.6 cm³/mol. The lowest BCUT2D eigenvalue weighted by atomic mass is 9.93. The molecule has 0 aliphatic carbocycles. The van der Waals surface area contributed by atoms with Gasteiger partial charge < -0.3 is 15.6 Å². The Labute approximate surface area is 166 Å². The highest BCUT2D eigenvalue weighted by Gasteiger charge is 2.90. The van der Waals surface area contributed by atoms with Crippen LogP contribution in [0.3, 0.4) is 0 Å². The molecule has 190 valence electrons. The number of rotatable bonds is 7. The summed E-state index contributed by atoms with van der Waals surface area (Å²) < 4.78 is 201. The molecule has 0 aromatic heterocycles. The molecule has 22 heteroatoms. The minimum absolute atomic E-state index is 0.194. The third-order valence-corrected chi connectivity index (χ3v) is 3.39. The Balaban J connectivity index is -0.00000116. The highest BCUT2D eigenvalue weighted by atomic mass is 32.2. The second-order valence-electron chi connectivity index (χ2n) is 4.94. The van der Waals surface area contributed by atoms with E-state index in [4.69, 9.17) is 9.35 Å². The molecule has 0 unspecified atom stereocenters. The fraction of sp³-hybridized carbons (Fsp3) is 0.889. The molecular weight excluding hydrogens is 526 g/mol. The Morgan fingerprint density at radius 2 is 0.968 bits per heavy atom. The Bertz CT molecular complexity index is 692. The smallest absolute Gasteiger partial charge is 0.352 e. The molecule has 2 amide bonds. The first kappa shape index (κ1) is 34.0. The molecule has 0 bridgehead atoms. The minimum Gasteiger partial charge on any atom is -0.352 e. The summed E-state index contributed by atoms with van der Waals surface area (Å²) in [6.07, 6.45) is -10.5. The van der Waals surface area contributed by atoms with Gasteiger partial charge in [-0.1, -0.05) is 0 Å². The zero-order valence-corrected chi connectivity index (χ0v) is 17.3. The molecule has 0 aromatic rings. The molecule has 0 saturated heterocycles. The van der Waals surface area contributed by atoms with Crippen LogP contribution in [-0.2, 0) is 10.1 Å². The number of urea groups is 1. The highest BCUT2D eigenvalue weighted by Crippen LogP contribution is 2.60. The maximum Gasteiger partial charge on any atom is 0.460 e. The van der Waals surface area contributed by atoms with Crippen LogP contribution in [0.1, 0.15) is 6.42 Å². The molecule has 0 aliphatic rings. The molecule has 0 fully saturated rings. The number of hydrogen-bond donors (Lipinski definition) is 3. The lowest BCUT2D eigenvalue weighted by Crippen LogP contribution is -2.70. The van der Waals surface area contributed by atoms with Crippen LogP contribution in [-0.4, -0.2) is 71.1 Å². The van der Waals surface area contributed by atoms with Crippen molar-refractivity contribution in [2.24, 2.45) is 11.5 Å². The van der Waals surface area contributed by atoms with E-state index in [1.54, 1.807) is 0 Å². The second kappa shape index (κ2) is 10.4. The van der Waals surface area contributed by atoms with Crippen molar-refractivity contribution >= 4 is 26.7 Å². The summed E-state index contributed by atoms with van der Waals surface area (Å²) in [5.41, 5.74) is 8.50. The van der Waals surface area contributed by atoms with Crippen molar-refractivity contribution in [1.29, 1.82) is 0 Å². The zero-order valence-electron chi connectivity index (χ0n) is 14.4. The Hall–Kier alpha value is -1.58. The summed E-state index contributed by atoms with van der Waals surface area (Å²) in [5.74, 6) is -40.3. The molecule has 0 aliphatic heterocycles. The maximum atomic E-state index is 13.0. The van der Waals surface area contributed by atoms with Crippen LogP contribution in [0.25, 0.3) is 0 Å². The van der Waals surface area contributed by atoms with Gasteiger partial charge in [-0.15, -0.1) is 0 Å². The number of alkyl halides is 13. The van der Waals surface area contributed by atoms with Crippen molar-refractivity contribution in [1.82, 2.24) is 0 Å². The molecule has 0 spiro atoms. The number of primary amides is 2. The molecule has 0 radical (unpaired) electrons. The van der Waals surface area contributed by atoms with Crippen molar-refractivity contribution in [3.63, 3.8) is 0 Å². The van der Waals surface area contributed by atoms with Gasteiger partial charge in [-0.2, -0.15) is 65.5 Å². The monoisotopic (exact) mass is 538 g/mol. The van der Waals surface area contributed by atoms with E-state index >= 15 is 0 Å². The standard InChI is InChI=1S/C8H5F13O3S.CH4N2O.FH3Si/c9-3(10,1-2-25(22,23)24)4(11,12)5(13,14)6(15,16)7(17,18)8(19,20)21;2-1(3)4;1-2/h1-2H2,(H,22,23,24);(H4,2,3,4);2H3. The molecule has 5 N–H and O–H groups in total. The van der Waals surface area contributed by atoms with Gasteiger partial charge in [0.1, 0.15) is 0 Å². The fourth-order valence-corrected chi connectivity index (χ4v) is 1.73. The lowest BCUT2D eigenvalue weighted by Gasteiger charge is -2.39. The van der Waals surface area contributed by atoms with Crippen LogP contribution in [0.4, 0.5) is 66.0 Å². The van der Waals surface area contributed by atoms with Gasteiger partial charge in [0.25, 0.3) is 10.1 Å². The first-order chi connectivity index (χ1) is 13.2. The van der Waals surface area contributed by atoms with Gasteiger partial charge in [-0.3, -0.25) is 4.55 Å². The third-order valence-electron chi connectivity index (χ3n) is 2.67. The number of carbonyl (C=O) groups is 1. The van der Waals surface area contributed by atoms with Crippen LogP contribution in [0.5, 0.6) is 0 Å². The first-order valence-corrected chi connectivity index (χ1v) is 8.89. The normalized spacial score (nSPS) is 14.2. The molecule has 0 aromatic carbocycles. The SMILES string of the molecule is F[SiH3].NC(N)=O.O=S(=O)(O)CCC(F)(F)C(F)(F)C(F)(F)C(F)(F)C(F)(F)C(F)(F)F. The van der Waals surface area contributed by atoms with Crippen LogP contribution in [0, 0.1) is 0 Å². The van der Waals surface area contributed by atoms with Gasteiger partial charge in [-0.05, 0) is 0 Å². The van der Waals surface area contributed by atoms with Gasteiger partial charge in [0.2, 0.25) is 10.6 Å².